The summed E-state index contributed by atoms with van der Waals surface area (Å²) in [6.07, 6.45) is -1.23. The van der Waals surface area contributed by atoms with E-state index in [2.05, 4.69) is 20.6 Å². The van der Waals surface area contributed by atoms with E-state index in [-0.39, 0.29) is 12.7 Å². The van der Waals surface area contributed by atoms with Gasteiger partial charge in [-0.25, -0.2) is 9.78 Å². The Morgan fingerprint density at radius 1 is 1.19 bits per heavy atom. The van der Waals surface area contributed by atoms with Crippen LogP contribution in [-0.4, -0.2) is 35.1 Å². The van der Waals surface area contributed by atoms with Gasteiger partial charge in [-0.1, -0.05) is 6.07 Å². The Kier molecular flexibility index (Phi) is 4.25. The third-order valence-electron chi connectivity index (χ3n) is 4.02. The van der Waals surface area contributed by atoms with E-state index in [1.165, 1.54) is 0 Å². The normalized spacial score (nSPS) is 12.0. The first-order chi connectivity index (χ1) is 13.1. The molecule has 0 saturated heterocycles. The Morgan fingerprint density at radius 3 is 2.85 bits per heavy atom. The van der Waals surface area contributed by atoms with Gasteiger partial charge in [-0.3, -0.25) is 5.32 Å². The molecule has 27 heavy (non-hydrogen) atoms. The van der Waals surface area contributed by atoms with E-state index in [4.69, 9.17) is 19.3 Å². The molecule has 9 heteroatoms. The molecule has 0 bridgehead atoms. The molecule has 0 radical (unpaired) electrons. The second-order valence-corrected chi connectivity index (χ2v) is 5.75. The molecule has 4 rings (SSSR count). The van der Waals surface area contributed by atoms with Gasteiger partial charge in [0.1, 0.15) is 11.6 Å². The molecule has 3 N–H and O–H groups in total. The highest BCUT2D eigenvalue weighted by Gasteiger charge is 2.14. The van der Waals surface area contributed by atoms with Crippen LogP contribution in [0.25, 0.3) is 10.9 Å². The number of carboxylic acid groups (broad SMARTS) is 1. The first-order valence-electron chi connectivity index (χ1n) is 8.10. The maximum Gasteiger partial charge on any atom is 0.411 e. The monoisotopic (exact) mass is 368 g/mol. The van der Waals surface area contributed by atoms with E-state index in [9.17, 15) is 4.79 Å². The lowest BCUT2D eigenvalue weighted by atomic mass is 10.2. The zero-order valence-corrected chi connectivity index (χ0v) is 14.4. The Labute approximate surface area is 153 Å². The quantitative estimate of drug-likeness (QED) is 0.629. The zero-order valence-electron chi connectivity index (χ0n) is 14.4. The van der Waals surface area contributed by atoms with Crippen LogP contribution in [-0.2, 0) is 6.54 Å². The van der Waals surface area contributed by atoms with Crippen LogP contribution in [0.5, 0.6) is 17.2 Å². The standard InChI is InChI=1S/C18H16N4O5/c1-25-11-3-4-13-12(7-11)16(21-17(20-13)22-18(23)24)19-8-10-2-5-14-15(6-10)27-9-26-14/h2-7H,8-9H2,1H3,(H,23,24)(H2,19,20,21,22). The fourth-order valence-electron chi connectivity index (χ4n) is 2.76. The van der Waals surface area contributed by atoms with Crippen LogP contribution in [0, 0.1) is 0 Å². The van der Waals surface area contributed by atoms with Gasteiger partial charge in [-0.2, -0.15) is 4.98 Å². The summed E-state index contributed by atoms with van der Waals surface area (Å²) < 4.78 is 16.0. The van der Waals surface area contributed by atoms with Crippen LogP contribution in [0.15, 0.2) is 36.4 Å². The topological polar surface area (TPSA) is 115 Å². The molecule has 9 nitrogen and oxygen atoms in total. The van der Waals surface area contributed by atoms with Crippen molar-refractivity contribution in [1.29, 1.82) is 0 Å². The molecule has 1 aromatic heterocycles. The molecule has 138 valence electrons. The first kappa shape index (κ1) is 16.7. The molecule has 1 aliphatic rings. The number of methoxy groups -OCH3 is 1. The molecule has 0 spiro atoms. The molecule has 2 heterocycles. The average Bonchev–Trinajstić information content (AvgIpc) is 3.13. The molecular formula is C18H16N4O5. The van der Waals surface area contributed by atoms with Crippen molar-refractivity contribution in [1.82, 2.24) is 9.97 Å². The summed E-state index contributed by atoms with van der Waals surface area (Å²) in [5.41, 5.74) is 1.55. The molecule has 0 saturated carbocycles. The summed E-state index contributed by atoms with van der Waals surface area (Å²) in [6.45, 7) is 0.666. The predicted octanol–water partition coefficient (Wildman–Crippen LogP) is 3.07. The van der Waals surface area contributed by atoms with E-state index < -0.39 is 6.09 Å². The largest absolute Gasteiger partial charge is 0.497 e. The lowest BCUT2D eigenvalue weighted by molar-refractivity contribution is 0.174. The number of aromatic nitrogens is 2. The number of ether oxygens (including phenoxy) is 3. The highest BCUT2D eigenvalue weighted by molar-refractivity contribution is 5.92. The fourth-order valence-corrected chi connectivity index (χ4v) is 2.76. The van der Waals surface area contributed by atoms with Gasteiger partial charge >= 0.3 is 6.09 Å². The number of hydrogen-bond acceptors (Lipinski definition) is 7. The Bertz CT molecular complexity index is 1020. The second kappa shape index (κ2) is 6.87. The Hall–Kier alpha value is -3.75. The number of anilines is 2. The summed E-state index contributed by atoms with van der Waals surface area (Å²) in [7, 11) is 1.57. The van der Waals surface area contributed by atoms with Crippen molar-refractivity contribution in [3.8, 4) is 17.2 Å². The number of nitrogens with zero attached hydrogens (tertiary/aromatic N) is 2. The molecule has 1 aliphatic heterocycles. The van der Waals surface area contributed by atoms with Gasteiger partial charge in [-0.15, -0.1) is 0 Å². The van der Waals surface area contributed by atoms with Crippen molar-refractivity contribution >= 4 is 28.8 Å². The highest BCUT2D eigenvalue weighted by atomic mass is 16.7. The van der Waals surface area contributed by atoms with Gasteiger partial charge in [0, 0.05) is 11.9 Å². The minimum atomic E-state index is -1.23. The van der Waals surface area contributed by atoms with Crippen LogP contribution in [0.1, 0.15) is 5.56 Å². The number of nitrogens with one attached hydrogen (secondary N) is 2. The maximum atomic E-state index is 10.9. The van der Waals surface area contributed by atoms with E-state index in [0.29, 0.717) is 40.5 Å². The molecule has 0 unspecified atom stereocenters. The van der Waals surface area contributed by atoms with Crippen LogP contribution in [0.2, 0.25) is 0 Å². The minimum absolute atomic E-state index is 0.00615. The van der Waals surface area contributed by atoms with Crippen LogP contribution in [0.3, 0.4) is 0 Å². The third-order valence-corrected chi connectivity index (χ3v) is 4.02. The van der Waals surface area contributed by atoms with Gasteiger partial charge in [0.15, 0.2) is 11.5 Å². The van der Waals surface area contributed by atoms with Crippen LogP contribution in [0.4, 0.5) is 16.6 Å². The van der Waals surface area contributed by atoms with Crippen LogP contribution >= 0.6 is 0 Å². The smallest absolute Gasteiger partial charge is 0.411 e. The van der Waals surface area contributed by atoms with Crippen molar-refractivity contribution in [3.05, 3.63) is 42.0 Å². The van der Waals surface area contributed by atoms with Crippen LogP contribution < -0.4 is 24.8 Å². The average molecular weight is 368 g/mol. The molecule has 0 aliphatic carbocycles. The number of benzene rings is 2. The van der Waals surface area contributed by atoms with Gasteiger partial charge in [0.05, 0.1) is 12.6 Å². The molecular weight excluding hydrogens is 352 g/mol. The predicted molar refractivity (Wildman–Crippen MR) is 97.6 cm³/mol. The molecule has 2 aromatic carbocycles. The molecule has 0 atom stereocenters. The molecule has 1 amide bonds. The van der Waals surface area contributed by atoms with Crippen molar-refractivity contribution in [2.75, 3.05) is 24.5 Å². The van der Waals surface area contributed by atoms with Gasteiger partial charge < -0.3 is 24.6 Å². The number of fused-ring (bicyclic) bond motifs is 2. The van der Waals surface area contributed by atoms with Crippen molar-refractivity contribution in [2.45, 2.75) is 6.54 Å². The Morgan fingerprint density at radius 2 is 2.04 bits per heavy atom. The third kappa shape index (κ3) is 3.47. The fraction of sp³-hybridized carbons (Fsp3) is 0.167. The number of hydrogen-bond donors (Lipinski definition) is 3. The number of amides is 1. The number of carbonyl (C=O) groups is 1. The SMILES string of the molecule is COc1ccc2nc(NC(=O)O)nc(NCc3ccc4c(c3)OCO4)c2c1. The summed E-state index contributed by atoms with van der Waals surface area (Å²) in [4.78, 5) is 19.4. The Balaban J connectivity index is 1.66. The van der Waals surface area contributed by atoms with Crippen molar-refractivity contribution < 1.29 is 24.1 Å². The van der Waals surface area contributed by atoms with Crippen molar-refractivity contribution in [2.24, 2.45) is 0 Å². The maximum absolute atomic E-state index is 10.9. The first-order valence-corrected chi connectivity index (χ1v) is 8.10. The van der Waals surface area contributed by atoms with E-state index >= 15 is 0 Å². The summed E-state index contributed by atoms with van der Waals surface area (Å²) in [5, 5.41) is 15.1. The minimum Gasteiger partial charge on any atom is -0.497 e. The lowest BCUT2D eigenvalue weighted by Gasteiger charge is -2.12. The van der Waals surface area contributed by atoms with Gasteiger partial charge in [0.25, 0.3) is 0 Å². The van der Waals surface area contributed by atoms with Crippen molar-refractivity contribution in [3.63, 3.8) is 0 Å². The molecule has 0 fully saturated rings. The summed E-state index contributed by atoms with van der Waals surface area (Å²) in [5.74, 6) is 2.53. The lowest BCUT2D eigenvalue weighted by Crippen LogP contribution is -2.12. The van der Waals surface area contributed by atoms with E-state index in [0.717, 1.165) is 5.56 Å². The van der Waals surface area contributed by atoms with E-state index in [1.54, 1.807) is 25.3 Å². The van der Waals surface area contributed by atoms with E-state index in [1.807, 2.05) is 18.2 Å². The highest BCUT2D eigenvalue weighted by Crippen LogP contribution is 2.33. The summed E-state index contributed by atoms with van der Waals surface area (Å²) >= 11 is 0. The summed E-state index contributed by atoms with van der Waals surface area (Å²) in [6, 6.07) is 10.9. The van der Waals surface area contributed by atoms with Gasteiger partial charge in [-0.05, 0) is 35.9 Å². The number of rotatable bonds is 5. The van der Waals surface area contributed by atoms with Gasteiger partial charge in [0.2, 0.25) is 12.7 Å². The zero-order chi connectivity index (χ0) is 18.8. The molecule has 3 aromatic rings. The second-order valence-electron chi connectivity index (χ2n) is 5.75.